The fourth-order valence-corrected chi connectivity index (χ4v) is 1.32. The van der Waals surface area contributed by atoms with Crippen LogP contribution in [0.1, 0.15) is 5.56 Å². The van der Waals surface area contributed by atoms with Crippen molar-refractivity contribution in [3.05, 3.63) is 28.2 Å². The predicted molar refractivity (Wildman–Crippen MR) is 72.8 cm³/mol. The molecule has 6 heteroatoms. The summed E-state index contributed by atoms with van der Waals surface area (Å²) in [6.45, 7) is 0. The fourth-order valence-electron chi connectivity index (χ4n) is 0.886. The van der Waals surface area contributed by atoms with Crippen LogP contribution in [0, 0.1) is 0 Å². The summed E-state index contributed by atoms with van der Waals surface area (Å²) in [5.41, 5.74) is 3.29. The second-order valence-corrected chi connectivity index (χ2v) is 4.58. The summed E-state index contributed by atoms with van der Waals surface area (Å²) in [5, 5.41) is 14.0. The maximum Gasteiger partial charge on any atom is 0.189 e. The van der Waals surface area contributed by atoms with E-state index in [2.05, 4.69) is 26.5 Å². The van der Waals surface area contributed by atoms with Crippen LogP contribution in [0.25, 0.3) is 0 Å². The van der Waals surface area contributed by atoms with E-state index in [1.54, 1.807) is 23.1 Å². The summed E-state index contributed by atoms with van der Waals surface area (Å²) in [4.78, 5) is 1.73. The van der Waals surface area contributed by atoms with Gasteiger partial charge in [0, 0.05) is 24.1 Å². The first kappa shape index (κ1) is 12.9. The Morgan fingerprint density at radius 2 is 2.25 bits per heavy atom. The zero-order chi connectivity index (χ0) is 12.1. The second kappa shape index (κ2) is 5.81. The second-order valence-electron chi connectivity index (χ2n) is 3.27. The van der Waals surface area contributed by atoms with Gasteiger partial charge in [0.05, 0.1) is 6.21 Å². The Labute approximate surface area is 108 Å². The molecule has 0 aromatic heterocycles. The van der Waals surface area contributed by atoms with Crippen molar-refractivity contribution in [3.63, 3.8) is 0 Å². The summed E-state index contributed by atoms with van der Waals surface area (Å²) >= 11 is 8.29. The molecule has 0 heterocycles. The van der Waals surface area contributed by atoms with E-state index in [4.69, 9.17) is 12.2 Å². The lowest BCUT2D eigenvalue weighted by atomic mass is 10.2. The highest BCUT2D eigenvalue weighted by Gasteiger charge is 1.99. The molecule has 0 saturated carbocycles. The summed E-state index contributed by atoms with van der Waals surface area (Å²) in [6.07, 6.45) is 1.51. The standard InChI is InChI=1S/C10H12BrN3OS/c1-14(2)10(16)13-12-6-7-5-8(11)3-4-9(7)15/h3-6,15H,1-2H3,(H,13,16). The molecule has 0 aliphatic carbocycles. The highest BCUT2D eigenvalue weighted by atomic mass is 79.9. The van der Waals surface area contributed by atoms with Crippen LogP contribution in [-0.2, 0) is 0 Å². The van der Waals surface area contributed by atoms with E-state index in [-0.39, 0.29) is 5.75 Å². The number of hydrazone groups is 1. The van der Waals surface area contributed by atoms with Crippen LogP contribution in [0.2, 0.25) is 0 Å². The largest absolute Gasteiger partial charge is 0.507 e. The third-order valence-electron chi connectivity index (χ3n) is 1.76. The van der Waals surface area contributed by atoms with E-state index in [9.17, 15) is 5.11 Å². The van der Waals surface area contributed by atoms with E-state index in [0.29, 0.717) is 10.7 Å². The van der Waals surface area contributed by atoms with Gasteiger partial charge < -0.3 is 10.0 Å². The lowest BCUT2D eigenvalue weighted by molar-refractivity contribution is 0.474. The zero-order valence-corrected chi connectivity index (χ0v) is 11.3. The Bertz CT molecular complexity index is 421. The first-order valence-electron chi connectivity index (χ1n) is 4.49. The van der Waals surface area contributed by atoms with Crippen molar-refractivity contribution in [2.75, 3.05) is 14.1 Å². The number of hydrogen-bond acceptors (Lipinski definition) is 3. The molecule has 1 aromatic rings. The number of nitrogens with zero attached hydrogens (tertiary/aromatic N) is 2. The summed E-state index contributed by atoms with van der Waals surface area (Å²) in [7, 11) is 3.64. The van der Waals surface area contributed by atoms with Crippen molar-refractivity contribution in [2.45, 2.75) is 0 Å². The van der Waals surface area contributed by atoms with E-state index in [0.717, 1.165) is 4.47 Å². The van der Waals surface area contributed by atoms with Gasteiger partial charge in [-0.25, -0.2) is 0 Å². The number of benzene rings is 1. The number of aromatic hydroxyl groups is 1. The average Bonchev–Trinajstić information content (AvgIpc) is 2.22. The van der Waals surface area contributed by atoms with Crippen LogP contribution in [0.3, 0.4) is 0 Å². The van der Waals surface area contributed by atoms with Gasteiger partial charge in [0.1, 0.15) is 5.75 Å². The van der Waals surface area contributed by atoms with E-state index >= 15 is 0 Å². The number of phenolic OH excluding ortho intramolecular Hbond substituents is 1. The van der Waals surface area contributed by atoms with Crippen LogP contribution in [0.4, 0.5) is 0 Å². The minimum Gasteiger partial charge on any atom is -0.507 e. The molecule has 0 atom stereocenters. The number of halogens is 1. The van der Waals surface area contributed by atoms with E-state index < -0.39 is 0 Å². The Kier molecular flexibility index (Phi) is 4.70. The molecule has 1 aromatic carbocycles. The number of rotatable bonds is 2. The van der Waals surface area contributed by atoms with Gasteiger partial charge in [-0.2, -0.15) is 5.10 Å². The van der Waals surface area contributed by atoms with Crippen molar-refractivity contribution >= 4 is 39.5 Å². The van der Waals surface area contributed by atoms with Gasteiger partial charge in [-0.3, -0.25) is 5.43 Å². The Balaban J connectivity index is 2.69. The SMILES string of the molecule is CN(C)C(=S)NN=Cc1cc(Br)ccc1O. The first-order chi connectivity index (χ1) is 7.50. The molecule has 0 bridgehead atoms. The molecule has 0 radical (unpaired) electrons. The molecule has 0 saturated heterocycles. The van der Waals surface area contributed by atoms with Crippen LogP contribution in [0.15, 0.2) is 27.8 Å². The minimum atomic E-state index is 0.171. The number of nitrogens with one attached hydrogen (secondary N) is 1. The molecule has 0 spiro atoms. The molecule has 16 heavy (non-hydrogen) atoms. The third kappa shape index (κ3) is 3.79. The quantitative estimate of drug-likeness (QED) is 0.498. The number of thiocarbonyl (C=S) groups is 1. The van der Waals surface area contributed by atoms with Gasteiger partial charge in [-0.05, 0) is 30.4 Å². The van der Waals surface area contributed by atoms with Crippen molar-refractivity contribution in [1.29, 1.82) is 0 Å². The Morgan fingerprint density at radius 3 is 2.88 bits per heavy atom. The fraction of sp³-hybridized carbons (Fsp3) is 0.200. The summed E-state index contributed by atoms with van der Waals surface area (Å²) in [6, 6.07) is 5.11. The van der Waals surface area contributed by atoms with Crippen LogP contribution >= 0.6 is 28.1 Å². The third-order valence-corrected chi connectivity index (χ3v) is 2.71. The van der Waals surface area contributed by atoms with Crippen LogP contribution in [0.5, 0.6) is 5.75 Å². The Hall–Kier alpha value is -1.14. The molecule has 2 N–H and O–H groups in total. The van der Waals surface area contributed by atoms with Gasteiger partial charge in [0.25, 0.3) is 0 Å². The summed E-state index contributed by atoms with van der Waals surface area (Å²) in [5.74, 6) is 0.171. The summed E-state index contributed by atoms with van der Waals surface area (Å²) < 4.78 is 0.877. The van der Waals surface area contributed by atoms with Crippen LogP contribution in [-0.4, -0.2) is 35.4 Å². The predicted octanol–water partition coefficient (Wildman–Crippen LogP) is 1.92. The maximum atomic E-state index is 9.53. The smallest absolute Gasteiger partial charge is 0.189 e. The molecule has 0 fully saturated rings. The van der Waals surface area contributed by atoms with Crippen molar-refractivity contribution in [1.82, 2.24) is 10.3 Å². The average molecular weight is 302 g/mol. The molecule has 0 aliphatic rings. The molecule has 0 unspecified atom stereocenters. The molecule has 0 amide bonds. The first-order valence-corrected chi connectivity index (χ1v) is 5.69. The van der Waals surface area contributed by atoms with E-state index in [1.807, 2.05) is 14.1 Å². The molecular formula is C10H12BrN3OS. The lowest BCUT2D eigenvalue weighted by Gasteiger charge is -2.11. The highest BCUT2D eigenvalue weighted by Crippen LogP contribution is 2.19. The van der Waals surface area contributed by atoms with Gasteiger partial charge in [0.15, 0.2) is 5.11 Å². The number of hydrogen-bond donors (Lipinski definition) is 2. The van der Waals surface area contributed by atoms with Gasteiger partial charge in [0.2, 0.25) is 0 Å². The molecule has 4 nitrogen and oxygen atoms in total. The van der Waals surface area contributed by atoms with E-state index in [1.165, 1.54) is 6.21 Å². The molecule has 86 valence electrons. The topological polar surface area (TPSA) is 47.9 Å². The van der Waals surface area contributed by atoms with Crippen molar-refractivity contribution in [2.24, 2.45) is 5.10 Å². The normalized spacial score (nSPS) is 10.4. The highest BCUT2D eigenvalue weighted by molar-refractivity contribution is 9.10. The number of phenols is 1. The zero-order valence-electron chi connectivity index (χ0n) is 8.94. The Morgan fingerprint density at radius 1 is 1.56 bits per heavy atom. The molecule has 1 rings (SSSR count). The maximum absolute atomic E-state index is 9.53. The monoisotopic (exact) mass is 301 g/mol. The molecular weight excluding hydrogens is 290 g/mol. The molecule has 0 aliphatic heterocycles. The van der Waals surface area contributed by atoms with Gasteiger partial charge >= 0.3 is 0 Å². The van der Waals surface area contributed by atoms with Crippen molar-refractivity contribution in [3.8, 4) is 5.75 Å². The van der Waals surface area contributed by atoms with Crippen molar-refractivity contribution < 1.29 is 5.11 Å². The van der Waals surface area contributed by atoms with Crippen LogP contribution < -0.4 is 5.43 Å². The minimum absolute atomic E-state index is 0.171. The lowest BCUT2D eigenvalue weighted by Crippen LogP contribution is -2.30. The van der Waals surface area contributed by atoms with Gasteiger partial charge in [-0.15, -0.1) is 0 Å². The van der Waals surface area contributed by atoms with Gasteiger partial charge in [-0.1, -0.05) is 15.9 Å².